The van der Waals surface area contributed by atoms with Crippen molar-refractivity contribution in [2.75, 3.05) is 26.1 Å². The van der Waals surface area contributed by atoms with Crippen LogP contribution in [0.25, 0.3) is 5.69 Å². The second-order valence-corrected chi connectivity index (χ2v) is 18.8. The van der Waals surface area contributed by atoms with E-state index in [2.05, 4.69) is 37.5 Å². The number of amides is 2. The number of aromatic nitrogens is 1. The number of anilines is 1. The number of ether oxygens (including phenoxy) is 3. The van der Waals surface area contributed by atoms with E-state index in [1.54, 1.807) is 42.5 Å². The molecule has 0 saturated carbocycles. The summed E-state index contributed by atoms with van der Waals surface area (Å²) in [6.45, 7) is 6.84. The minimum Gasteiger partial charge on any atom is -0.497 e. The van der Waals surface area contributed by atoms with E-state index in [-0.39, 0.29) is 53.7 Å². The number of nitrogens with one attached hydrogen (secondary N) is 1. The first kappa shape index (κ1) is 33.8. The van der Waals surface area contributed by atoms with Crippen molar-refractivity contribution in [3.63, 3.8) is 0 Å². The Morgan fingerprint density at radius 3 is 2.44 bits per heavy atom. The van der Waals surface area contributed by atoms with Crippen LogP contribution in [-0.4, -0.2) is 67.4 Å². The first-order chi connectivity index (χ1) is 24.0. The molecule has 2 N–H and O–H groups in total. The maximum Gasteiger partial charge on any atom is 0.297 e. The minimum atomic E-state index is -2.50. The van der Waals surface area contributed by atoms with E-state index in [1.165, 1.54) is 11.7 Å². The number of nitrogens with zero attached hydrogens (tertiary/aromatic N) is 2. The second kappa shape index (κ2) is 12.9. The number of rotatable bonds is 8. The van der Waals surface area contributed by atoms with Gasteiger partial charge in [-0.3, -0.25) is 19.0 Å². The third-order valence-corrected chi connectivity index (χ3v) is 15.6. The Morgan fingerprint density at radius 2 is 1.74 bits per heavy atom. The molecule has 2 amide bonds. The van der Waals surface area contributed by atoms with Gasteiger partial charge in [0, 0.05) is 35.6 Å². The van der Waals surface area contributed by atoms with Crippen LogP contribution in [0, 0.1) is 5.92 Å². The van der Waals surface area contributed by atoms with Gasteiger partial charge < -0.3 is 29.5 Å². The van der Waals surface area contributed by atoms with Crippen LogP contribution in [0.2, 0.25) is 18.6 Å². The average Bonchev–Trinajstić information content (AvgIpc) is 3.59. The number of fused-ring (bicyclic) bond motifs is 3. The summed E-state index contributed by atoms with van der Waals surface area (Å²) in [7, 11) is 0.589. The Bertz CT molecular complexity index is 2010. The van der Waals surface area contributed by atoms with Gasteiger partial charge in [-0.1, -0.05) is 61.6 Å². The van der Waals surface area contributed by atoms with Crippen molar-refractivity contribution in [1.82, 2.24) is 9.47 Å². The Hall–Kier alpha value is -4.71. The Kier molecular flexibility index (Phi) is 8.69. The zero-order valence-corrected chi connectivity index (χ0v) is 30.0. The molecule has 50 heavy (non-hydrogen) atoms. The van der Waals surface area contributed by atoms with E-state index in [0.717, 1.165) is 22.1 Å². The largest absolute Gasteiger partial charge is 0.497 e. The number of carbonyl (C=O) groups is 2. The molecule has 0 aliphatic carbocycles. The number of aliphatic hydroxyl groups excluding tert-OH is 1. The number of benzene rings is 3. The molecule has 1 spiro atoms. The monoisotopic (exact) mass is 693 g/mol. The van der Waals surface area contributed by atoms with Crippen molar-refractivity contribution in [3.05, 3.63) is 112 Å². The zero-order chi connectivity index (χ0) is 35.4. The summed E-state index contributed by atoms with van der Waals surface area (Å²) in [5.74, 6) is 0.220. The van der Waals surface area contributed by atoms with Gasteiger partial charge in [0.15, 0.2) is 11.4 Å². The van der Waals surface area contributed by atoms with Gasteiger partial charge in [-0.15, -0.1) is 0 Å². The van der Waals surface area contributed by atoms with Crippen LogP contribution in [0.3, 0.4) is 0 Å². The summed E-state index contributed by atoms with van der Waals surface area (Å²) in [6, 6.07) is 24.5. The fourth-order valence-corrected chi connectivity index (χ4v) is 12.6. The van der Waals surface area contributed by atoms with Crippen molar-refractivity contribution >= 4 is 30.8 Å². The van der Waals surface area contributed by atoms with E-state index in [1.807, 2.05) is 42.5 Å². The summed E-state index contributed by atoms with van der Waals surface area (Å²) in [5.41, 5.74) is 2.14. The fourth-order valence-electron chi connectivity index (χ4n) is 8.64. The molecule has 10 nitrogen and oxygen atoms in total. The van der Waals surface area contributed by atoms with Gasteiger partial charge in [0.1, 0.15) is 5.75 Å². The number of hydrogen-bond donors (Lipinski definition) is 2. The van der Waals surface area contributed by atoms with Gasteiger partial charge in [-0.2, -0.15) is 0 Å². The first-order valence-electron chi connectivity index (χ1n) is 17.0. The third kappa shape index (κ3) is 5.35. The van der Waals surface area contributed by atoms with Gasteiger partial charge in [-0.05, 0) is 65.6 Å². The average molecular weight is 694 g/mol. The SMILES string of the molecule is COc1ccc([Si](C)(C)[C@H]2[C@H](CC(=O)N3Cc4ccccc4C[C@H]3CO)O[C@@]3(C(=O)Nc4ccc(-n5cccc(OC)c5=O)cc43)[C@@H]2C)cc1. The normalized spacial score (nSPS) is 24.1. The van der Waals surface area contributed by atoms with E-state index in [0.29, 0.717) is 29.9 Å². The molecule has 1 fully saturated rings. The number of methoxy groups -OCH3 is 2. The molecule has 3 aliphatic rings. The van der Waals surface area contributed by atoms with E-state index < -0.39 is 19.8 Å². The number of pyridine rings is 1. The smallest absolute Gasteiger partial charge is 0.297 e. The van der Waals surface area contributed by atoms with E-state index in [4.69, 9.17) is 14.2 Å². The Morgan fingerprint density at radius 1 is 1.00 bits per heavy atom. The van der Waals surface area contributed by atoms with Gasteiger partial charge in [-0.25, -0.2) is 0 Å². The Labute approximate surface area is 292 Å². The van der Waals surface area contributed by atoms with E-state index in [9.17, 15) is 19.5 Å². The molecule has 1 aromatic heterocycles. The molecule has 3 aromatic carbocycles. The summed E-state index contributed by atoms with van der Waals surface area (Å²) in [5, 5.41) is 14.6. The summed E-state index contributed by atoms with van der Waals surface area (Å²) < 4.78 is 19.3. The van der Waals surface area contributed by atoms with Crippen molar-refractivity contribution in [3.8, 4) is 17.2 Å². The van der Waals surface area contributed by atoms with Gasteiger partial charge in [0.2, 0.25) is 5.91 Å². The second-order valence-electron chi connectivity index (χ2n) is 14.1. The molecule has 5 atom stereocenters. The van der Waals surface area contributed by atoms with Crippen LogP contribution in [0.15, 0.2) is 89.9 Å². The maximum absolute atomic E-state index is 14.4. The van der Waals surface area contributed by atoms with Gasteiger partial charge in [0.25, 0.3) is 11.5 Å². The zero-order valence-electron chi connectivity index (χ0n) is 29.0. The molecule has 3 aliphatic heterocycles. The molecule has 0 unspecified atom stereocenters. The highest BCUT2D eigenvalue weighted by Gasteiger charge is 2.65. The Balaban J connectivity index is 1.31. The quantitative estimate of drug-likeness (QED) is 0.264. The molecular weight excluding hydrogens is 651 g/mol. The van der Waals surface area contributed by atoms with Crippen LogP contribution in [0.1, 0.15) is 30.0 Å². The molecule has 4 aromatic rings. The van der Waals surface area contributed by atoms with Crippen LogP contribution in [0.5, 0.6) is 11.5 Å². The third-order valence-electron chi connectivity index (χ3n) is 11.2. The molecule has 0 radical (unpaired) electrons. The van der Waals surface area contributed by atoms with E-state index >= 15 is 0 Å². The highest BCUT2D eigenvalue weighted by atomic mass is 28.3. The lowest BCUT2D eigenvalue weighted by Gasteiger charge is -2.39. The lowest BCUT2D eigenvalue weighted by atomic mass is 9.82. The summed E-state index contributed by atoms with van der Waals surface area (Å²) >= 11 is 0. The van der Waals surface area contributed by atoms with Gasteiger partial charge in [0.05, 0.1) is 47.5 Å². The maximum atomic E-state index is 14.4. The van der Waals surface area contributed by atoms with Crippen LogP contribution >= 0.6 is 0 Å². The molecule has 260 valence electrons. The van der Waals surface area contributed by atoms with Crippen molar-refractivity contribution in [1.29, 1.82) is 0 Å². The van der Waals surface area contributed by atoms with Crippen LogP contribution < -0.4 is 25.5 Å². The molecule has 4 heterocycles. The molecule has 0 bridgehead atoms. The highest BCUT2D eigenvalue weighted by Crippen LogP contribution is 2.59. The fraction of sp³-hybridized carbons (Fsp3) is 0.359. The lowest BCUT2D eigenvalue weighted by Crippen LogP contribution is -2.52. The molecule has 11 heteroatoms. The highest BCUT2D eigenvalue weighted by molar-refractivity contribution is 6.91. The topological polar surface area (TPSA) is 119 Å². The van der Waals surface area contributed by atoms with Crippen molar-refractivity contribution in [2.45, 2.75) is 62.7 Å². The first-order valence-corrected chi connectivity index (χ1v) is 20.1. The number of hydrogen-bond acceptors (Lipinski definition) is 7. The predicted molar refractivity (Wildman–Crippen MR) is 193 cm³/mol. The van der Waals surface area contributed by atoms with Crippen molar-refractivity contribution < 1.29 is 28.9 Å². The predicted octanol–water partition coefficient (Wildman–Crippen LogP) is 4.36. The summed E-state index contributed by atoms with van der Waals surface area (Å²) in [6.07, 6.45) is 1.69. The number of carbonyl (C=O) groups excluding carboxylic acids is 2. The van der Waals surface area contributed by atoms with Crippen LogP contribution in [0.4, 0.5) is 5.69 Å². The standard InChI is InChI=1S/C39H43N3O7Si/c1-24-36(50(4,5)30-15-13-29(47-2)14-16-30)34(21-35(44)42-22-26-10-7-6-9-25(26)19-28(42)23-43)49-39(24)31-20-27(12-17-32(31)40-38(39)46)41-18-8-11-33(48-3)37(41)45/h6-18,20,24,28,34,36,43H,19,21-23H2,1-5H3,(H,40,46)/t24-,28+,34+,36-,39+/m1/s1. The minimum absolute atomic E-state index is 0.0552. The molecule has 7 rings (SSSR count). The summed E-state index contributed by atoms with van der Waals surface area (Å²) in [4.78, 5) is 43.7. The van der Waals surface area contributed by atoms with Gasteiger partial charge >= 0.3 is 0 Å². The van der Waals surface area contributed by atoms with Crippen molar-refractivity contribution in [2.24, 2.45) is 5.92 Å². The molecular formula is C39H43N3O7Si. The molecule has 1 saturated heterocycles. The lowest BCUT2D eigenvalue weighted by molar-refractivity contribution is -0.149. The number of aliphatic hydroxyl groups is 1. The van der Waals surface area contributed by atoms with Crippen LogP contribution in [-0.2, 0) is 32.9 Å².